The van der Waals surface area contributed by atoms with E-state index in [1.807, 2.05) is 13.8 Å². The third-order valence-corrected chi connectivity index (χ3v) is 3.43. The maximum absolute atomic E-state index is 12.4. The van der Waals surface area contributed by atoms with E-state index in [-0.39, 0.29) is 17.2 Å². The minimum Gasteiger partial charge on any atom is -0.435 e. The molecule has 7 heteroatoms. The van der Waals surface area contributed by atoms with Crippen molar-refractivity contribution in [3.63, 3.8) is 0 Å². The maximum atomic E-state index is 12.4. The van der Waals surface area contributed by atoms with Gasteiger partial charge in [0, 0.05) is 12.1 Å². The molecular formula is C19H20F2N2O3. The normalized spacial score (nSPS) is 10.7. The molecule has 5 nitrogen and oxygen atoms in total. The average Bonchev–Trinajstić information content (AvgIpc) is 2.60. The number of para-hydroxylation sites is 1. The number of hydrogen-bond acceptors (Lipinski definition) is 3. The summed E-state index contributed by atoms with van der Waals surface area (Å²) < 4.78 is 28.6. The fraction of sp³-hybridized carbons (Fsp3) is 0.263. The van der Waals surface area contributed by atoms with E-state index in [0.29, 0.717) is 23.7 Å². The summed E-state index contributed by atoms with van der Waals surface area (Å²) in [6, 6.07) is 11.9. The van der Waals surface area contributed by atoms with Gasteiger partial charge in [0.2, 0.25) is 0 Å². The van der Waals surface area contributed by atoms with Crippen molar-refractivity contribution in [3.8, 4) is 5.75 Å². The number of rotatable bonds is 7. The Balaban J connectivity index is 2.10. The Morgan fingerprint density at radius 1 is 1.00 bits per heavy atom. The van der Waals surface area contributed by atoms with Gasteiger partial charge in [0.15, 0.2) is 0 Å². The van der Waals surface area contributed by atoms with E-state index in [0.717, 1.165) is 0 Å². The summed E-state index contributed by atoms with van der Waals surface area (Å²) in [6.45, 7) is 1.56. The molecule has 0 heterocycles. The van der Waals surface area contributed by atoms with Gasteiger partial charge in [-0.1, -0.05) is 26.0 Å². The van der Waals surface area contributed by atoms with E-state index in [1.54, 1.807) is 24.3 Å². The summed E-state index contributed by atoms with van der Waals surface area (Å²) in [7, 11) is 0. The van der Waals surface area contributed by atoms with E-state index in [4.69, 9.17) is 0 Å². The molecule has 0 unspecified atom stereocenters. The molecule has 0 atom stereocenters. The van der Waals surface area contributed by atoms with E-state index >= 15 is 0 Å². The van der Waals surface area contributed by atoms with Crippen LogP contribution in [-0.4, -0.2) is 25.0 Å². The van der Waals surface area contributed by atoms with Crippen molar-refractivity contribution < 1.29 is 23.1 Å². The van der Waals surface area contributed by atoms with Crippen LogP contribution in [0.25, 0.3) is 0 Å². The smallest absolute Gasteiger partial charge is 0.387 e. The lowest BCUT2D eigenvalue weighted by atomic mass is 10.1. The first-order valence-corrected chi connectivity index (χ1v) is 8.10. The van der Waals surface area contributed by atoms with Crippen molar-refractivity contribution in [2.24, 2.45) is 5.92 Å². The number of ether oxygens (including phenoxy) is 1. The summed E-state index contributed by atoms with van der Waals surface area (Å²) in [4.78, 5) is 24.6. The van der Waals surface area contributed by atoms with Crippen LogP contribution < -0.4 is 15.4 Å². The van der Waals surface area contributed by atoms with Crippen LogP contribution in [0, 0.1) is 5.92 Å². The van der Waals surface area contributed by atoms with Crippen LogP contribution in [0.2, 0.25) is 0 Å². The van der Waals surface area contributed by atoms with Crippen LogP contribution in [0.15, 0.2) is 48.5 Å². The lowest BCUT2D eigenvalue weighted by Gasteiger charge is -2.13. The number of halogens is 2. The molecule has 0 radical (unpaired) electrons. The molecule has 0 saturated heterocycles. The summed E-state index contributed by atoms with van der Waals surface area (Å²) in [6.07, 6.45) is 0. The molecule has 0 aliphatic carbocycles. The van der Waals surface area contributed by atoms with Crippen LogP contribution >= 0.6 is 0 Å². The summed E-state index contributed by atoms with van der Waals surface area (Å²) >= 11 is 0. The monoisotopic (exact) mass is 362 g/mol. The Bertz CT molecular complexity index is 762. The van der Waals surface area contributed by atoms with E-state index in [9.17, 15) is 18.4 Å². The molecule has 2 aromatic rings. The Morgan fingerprint density at radius 3 is 2.27 bits per heavy atom. The van der Waals surface area contributed by atoms with Gasteiger partial charge in [-0.05, 0) is 42.3 Å². The number of anilines is 1. The highest BCUT2D eigenvalue weighted by Crippen LogP contribution is 2.18. The Morgan fingerprint density at radius 2 is 1.65 bits per heavy atom. The van der Waals surface area contributed by atoms with Crippen LogP contribution in [-0.2, 0) is 0 Å². The first-order chi connectivity index (χ1) is 12.4. The number of nitrogens with one attached hydrogen (secondary N) is 2. The standard InChI is InChI=1S/C19H20F2N2O3/c1-12(2)11-22-18(25)15-5-3-4-6-16(15)23-17(24)13-7-9-14(10-8-13)26-19(20)21/h3-10,12,19H,11H2,1-2H3,(H,22,25)(H,23,24). The van der Waals surface area contributed by atoms with Crippen LogP contribution in [0.5, 0.6) is 5.75 Å². The lowest BCUT2D eigenvalue weighted by molar-refractivity contribution is -0.0498. The molecule has 0 aromatic heterocycles. The van der Waals surface area contributed by atoms with Gasteiger partial charge in [0.25, 0.3) is 11.8 Å². The topological polar surface area (TPSA) is 67.4 Å². The molecule has 0 fully saturated rings. The van der Waals surface area contributed by atoms with Crippen molar-refractivity contribution in [2.45, 2.75) is 20.5 Å². The molecule has 0 bridgehead atoms. The highest BCUT2D eigenvalue weighted by atomic mass is 19.3. The predicted molar refractivity (Wildman–Crippen MR) is 94.6 cm³/mol. The summed E-state index contributed by atoms with van der Waals surface area (Å²) in [5.74, 6) is -0.479. The largest absolute Gasteiger partial charge is 0.435 e. The number of amides is 2. The van der Waals surface area contributed by atoms with Crippen LogP contribution in [0.1, 0.15) is 34.6 Å². The summed E-state index contributed by atoms with van der Waals surface area (Å²) in [5.41, 5.74) is 0.967. The van der Waals surface area contributed by atoms with Crippen molar-refractivity contribution >= 4 is 17.5 Å². The molecule has 2 amide bonds. The number of carbonyl (C=O) groups is 2. The first-order valence-electron chi connectivity index (χ1n) is 8.10. The van der Waals surface area contributed by atoms with Gasteiger partial charge in [-0.3, -0.25) is 9.59 Å². The van der Waals surface area contributed by atoms with Gasteiger partial charge in [0.05, 0.1) is 11.3 Å². The third-order valence-electron chi connectivity index (χ3n) is 3.43. The minimum atomic E-state index is -2.93. The van der Waals surface area contributed by atoms with Crippen molar-refractivity contribution in [3.05, 3.63) is 59.7 Å². The predicted octanol–water partition coefficient (Wildman–Crippen LogP) is 3.93. The molecule has 0 aliphatic rings. The number of hydrogen-bond donors (Lipinski definition) is 2. The van der Waals surface area contributed by atoms with Gasteiger partial charge >= 0.3 is 6.61 Å². The second kappa shape index (κ2) is 8.94. The number of alkyl halides is 2. The van der Waals surface area contributed by atoms with Crippen molar-refractivity contribution in [1.29, 1.82) is 0 Å². The molecular weight excluding hydrogens is 342 g/mol. The molecule has 138 valence electrons. The Kier molecular flexibility index (Phi) is 6.66. The second-order valence-corrected chi connectivity index (χ2v) is 6.01. The molecule has 0 saturated carbocycles. The van der Waals surface area contributed by atoms with Gasteiger partial charge < -0.3 is 15.4 Å². The molecule has 26 heavy (non-hydrogen) atoms. The molecule has 2 aromatic carbocycles. The first kappa shape index (κ1) is 19.4. The molecule has 0 spiro atoms. The molecule has 0 aliphatic heterocycles. The quantitative estimate of drug-likeness (QED) is 0.784. The fourth-order valence-electron chi connectivity index (χ4n) is 2.16. The zero-order chi connectivity index (χ0) is 19.1. The number of benzene rings is 2. The summed E-state index contributed by atoms with van der Waals surface area (Å²) in [5, 5.41) is 5.47. The van der Waals surface area contributed by atoms with E-state index in [2.05, 4.69) is 15.4 Å². The zero-order valence-corrected chi connectivity index (χ0v) is 14.5. The lowest BCUT2D eigenvalue weighted by Crippen LogP contribution is -2.28. The van der Waals surface area contributed by atoms with E-state index < -0.39 is 12.5 Å². The van der Waals surface area contributed by atoms with Crippen molar-refractivity contribution in [2.75, 3.05) is 11.9 Å². The van der Waals surface area contributed by atoms with Gasteiger partial charge in [-0.15, -0.1) is 0 Å². The maximum Gasteiger partial charge on any atom is 0.387 e. The molecule has 2 N–H and O–H groups in total. The average molecular weight is 362 g/mol. The van der Waals surface area contributed by atoms with Gasteiger partial charge in [0.1, 0.15) is 5.75 Å². The third kappa shape index (κ3) is 5.54. The Labute approximate surface area is 150 Å². The second-order valence-electron chi connectivity index (χ2n) is 6.01. The van der Waals surface area contributed by atoms with Gasteiger partial charge in [-0.2, -0.15) is 8.78 Å². The minimum absolute atomic E-state index is 0.0370. The van der Waals surface area contributed by atoms with E-state index in [1.165, 1.54) is 24.3 Å². The fourth-order valence-corrected chi connectivity index (χ4v) is 2.16. The highest BCUT2D eigenvalue weighted by Gasteiger charge is 2.14. The van der Waals surface area contributed by atoms with Crippen LogP contribution in [0.4, 0.5) is 14.5 Å². The zero-order valence-electron chi connectivity index (χ0n) is 14.5. The van der Waals surface area contributed by atoms with Crippen molar-refractivity contribution in [1.82, 2.24) is 5.32 Å². The highest BCUT2D eigenvalue weighted by molar-refractivity contribution is 6.09. The number of carbonyl (C=O) groups excluding carboxylic acids is 2. The Hall–Kier alpha value is -2.96. The van der Waals surface area contributed by atoms with Gasteiger partial charge in [-0.25, -0.2) is 0 Å². The van der Waals surface area contributed by atoms with Crippen LogP contribution in [0.3, 0.4) is 0 Å². The SMILES string of the molecule is CC(C)CNC(=O)c1ccccc1NC(=O)c1ccc(OC(F)F)cc1. The molecule has 2 rings (SSSR count).